The van der Waals surface area contributed by atoms with E-state index in [0.29, 0.717) is 24.8 Å². The molecule has 35 heavy (non-hydrogen) atoms. The zero-order valence-corrected chi connectivity index (χ0v) is 24.2. The molecule has 0 spiro atoms. The van der Waals surface area contributed by atoms with E-state index in [1.807, 2.05) is 0 Å². The molecule has 13 heteroatoms. The van der Waals surface area contributed by atoms with E-state index in [1.54, 1.807) is 25.2 Å². The highest BCUT2D eigenvalue weighted by atomic mass is 32.2. The second-order valence-electron chi connectivity index (χ2n) is 9.49. The molecule has 1 aliphatic heterocycles. The topological polar surface area (TPSA) is 123 Å². The van der Waals surface area contributed by atoms with Crippen molar-refractivity contribution in [1.29, 1.82) is 0 Å². The Morgan fingerprint density at radius 2 is 1.74 bits per heavy atom. The molecular weight excluding hydrogens is 527 g/mol. The lowest BCUT2D eigenvalue weighted by Crippen LogP contribution is -2.41. The van der Waals surface area contributed by atoms with E-state index in [0.717, 1.165) is 16.2 Å². The summed E-state index contributed by atoms with van der Waals surface area (Å²) in [5.41, 5.74) is 1.21. The molecule has 3 heterocycles. The van der Waals surface area contributed by atoms with E-state index >= 15 is 0 Å². The smallest absolute Gasteiger partial charge is 0.269 e. The SMILES string of the molecule is CCN(CC)S(=O)(=O)c1scc(NC2=NS(=O)N=C2N[C@@H](c2cc(C(C)C)cs2)C(C)(C)C)c1O. The third-order valence-electron chi connectivity index (χ3n) is 5.57. The van der Waals surface area contributed by atoms with Crippen molar-refractivity contribution < 1.29 is 17.7 Å². The summed E-state index contributed by atoms with van der Waals surface area (Å²) >= 11 is 0.735. The minimum Gasteiger partial charge on any atom is -0.504 e. The molecule has 0 radical (unpaired) electrons. The number of hydrogen-bond donors (Lipinski definition) is 3. The molecule has 9 nitrogen and oxygen atoms in total. The lowest BCUT2D eigenvalue weighted by molar-refractivity contribution is 0.307. The van der Waals surface area contributed by atoms with Gasteiger partial charge in [0.2, 0.25) is 0 Å². The van der Waals surface area contributed by atoms with Gasteiger partial charge in [0, 0.05) is 23.3 Å². The summed E-state index contributed by atoms with van der Waals surface area (Å²) in [5.74, 6) is 0.479. The number of hydrogen-bond acceptors (Lipinski definition) is 8. The van der Waals surface area contributed by atoms with Crippen molar-refractivity contribution in [3.8, 4) is 5.75 Å². The molecule has 2 aromatic heterocycles. The van der Waals surface area contributed by atoms with Crippen molar-refractivity contribution in [2.45, 2.75) is 64.6 Å². The van der Waals surface area contributed by atoms with Crippen LogP contribution in [0.2, 0.25) is 0 Å². The second kappa shape index (κ2) is 10.7. The average Bonchev–Trinajstić information content (AvgIpc) is 3.46. The summed E-state index contributed by atoms with van der Waals surface area (Å²) in [6.07, 6.45) is 0. The van der Waals surface area contributed by atoms with Gasteiger partial charge in [0.1, 0.15) is 0 Å². The molecule has 0 saturated carbocycles. The molecule has 3 N–H and O–H groups in total. The van der Waals surface area contributed by atoms with E-state index < -0.39 is 26.9 Å². The fraction of sp³-hybridized carbons (Fsp3) is 0.545. The van der Waals surface area contributed by atoms with Crippen LogP contribution in [-0.2, 0) is 21.2 Å². The predicted molar refractivity (Wildman–Crippen MR) is 146 cm³/mol. The predicted octanol–water partition coefficient (Wildman–Crippen LogP) is 4.85. The summed E-state index contributed by atoms with van der Waals surface area (Å²) in [6.45, 7) is 14.7. The Hall–Kier alpha value is -1.80. The van der Waals surface area contributed by atoms with Crippen LogP contribution in [0, 0.1) is 5.41 Å². The highest BCUT2D eigenvalue weighted by molar-refractivity contribution is 7.91. The number of nitrogens with zero attached hydrogens (tertiary/aromatic N) is 3. The van der Waals surface area contributed by atoms with Gasteiger partial charge in [-0.2, -0.15) is 4.31 Å². The van der Waals surface area contributed by atoms with Gasteiger partial charge in [0.05, 0.1) is 11.7 Å². The maximum Gasteiger partial charge on any atom is 0.269 e. The zero-order chi connectivity index (χ0) is 26.1. The molecule has 0 amide bonds. The molecule has 194 valence electrons. The molecule has 2 aromatic rings. The highest BCUT2D eigenvalue weighted by Gasteiger charge is 2.33. The normalized spacial score (nSPS) is 17.6. The molecule has 3 rings (SSSR count). The molecule has 0 aromatic carbocycles. The van der Waals surface area contributed by atoms with Crippen LogP contribution in [0.5, 0.6) is 5.75 Å². The van der Waals surface area contributed by atoms with E-state index in [2.05, 4.69) is 65.5 Å². The van der Waals surface area contributed by atoms with Gasteiger partial charge < -0.3 is 15.7 Å². The van der Waals surface area contributed by atoms with Crippen molar-refractivity contribution >= 4 is 61.2 Å². The Morgan fingerprint density at radius 1 is 1.11 bits per heavy atom. The zero-order valence-electron chi connectivity index (χ0n) is 20.9. The number of amidine groups is 2. The standard InChI is InChI=1S/C22H33N5O4S4/c1-8-27(9-2)35(30,31)21-17(28)15(12-33-21)23-19-20(26-34(29)25-19)24-18(22(5,6)7)16-10-14(11-32-16)13(3)4/h10-13,18,28H,8-9H2,1-7H3,(H,23,25)(H,24,26)/t18-,34?/m0/s1. The number of rotatable bonds is 8. The monoisotopic (exact) mass is 559 g/mol. The third kappa shape index (κ3) is 5.96. The van der Waals surface area contributed by atoms with Crippen LogP contribution in [-0.4, -0.2) is 46.8 Å². The summed E-state index contributed by atoms with van der Waals surface area (Å²) in [4.78, 5) is 1.12. The van der Waals surface area contributed by atoms with Gasteiger partial charge in [-0.25, -0.2) is 12.6 Å². The van der Waals surface area contributed by atoms with Gasteiger partial charge in [-0.1, -0.05) is 48.5 Å². The van der Waals surface area contributed by atoms with Crippen LogP contribution >= 0.6 is 22.7 Å². The van der Waals surface area contributed by atoms with Gasteiger partial charge >= 0.3 is 0 Å². The minimum atomic E-state index is -3.83. The Balaban J connectivity index is 1.88. The van der Waals surface area contributed by atoms with Crippen LogP contribution in [0.15, 0.2) is 29.8 Å². The van der Waals surface area contributed by atoms with Crippen LogP contribution in [0.1, 0.15) is 70.9 Å². The first-order valence-electron chi connectivity index (χ1n) is 11.3. The van der Waals surface area contributed by atoms with Gasteiger partial charge in [-0.05, 0) is 28.3 Å². The first-order chi connectivity index (χ1) is 16.3. The van der Waals surface area contributed by atoms with Gasteiger partial charge in [0.25, 0.3) is 21.2 Å². The van der Waals surface area contributed by atoms with E-state index in [1.165, 1.54) is 15.2 Å². The van der Waals surface area contributed by atoms with E-state index in [-0.39, 0.29) is 27.2 Å². The Labute approximate surface area is 218 Å². The van der Waals surface area contributed by atoms with Crippen LogP contribution in [0.25, 0.3) is 0 Å². The molecule has 1 unspecified atom stereocenters. The van der Waals surface area contributed by atoms with Crippen molar-refractivity contribution in [3.05, 3.63) is 27.3 Å². The highest BCUT2D eigenvalue weighted by Crippen LogP contribution is 2.40. The van der Waals surface area contributed by atoms with Crippen molar-refractivity contribution in [1.82, 2.24) is 9.62 Å². The quantitative estimate of drug-likeness (QED) is 0.425. The number of thiophene rings is 2. The van der Waals surface area contributed by atoms with Crippen molar-refractivity contribution in [2.24, 2.45) is 14.2 Å². The van der Waals surface area contributed by atoms with Crippen LogP contribution < -0.4 is 10.6 Å². The summed E-state index contributed by atoms with van der Waals surface area (Å²) in [6, 6.07) is 2.03. The second-order valence-corrected chi connectivity index (χ2v) is 14.3. The molecule has 0 bridgehead atoms. The first-order valence-corrected chi connectivity index (χ1v) is 15.6. The number of anilines is 1. The number of sulfonamides is 1. The summed E-state index contributed by atoms with van der Waals surface area (Å²) in [5, 5.41) is 20.7. The molecule has 1 aliphatic rings. The van der Waals surface area contributed by atoms with E-state index in [9.17, 15) is 17.7 Å². The third-order valence-corrected chi connectivity index (χ3v) is 10.8. The van der Waals surface area contributed by atoms with Gasteiger partial charge in [-0.3, -0.25) is 0 Å². The lowest BCUT2D eigenvalue weighted by Gasteiger charge is -2.31. The maximum atomic E-state index is 12.9. The maximum absolute atomic E-state index is 12.9. The Bertz CT molecular complexity index is 1250. The van der Waals surface area contributed by atoms with Crippen molar-refractivity contribution in [2.75, 3.05) is 18.4 Å². The largest absolute Gasteiger partial charge is 0.504 e. The minimum absolute atomic E-state index is 0.143. The molecule has 0 fully saturated rings. The average molecular weight is 560 g/mol. The lowest BCUT2D eigenvalue weighted by atomic mass is 9.85. The summed E-state index contributed by atoms with van der Waals surface area (Å²) in [7, 11) is -3.83. The van der Waals surface area contributed by atoms with Crippen molar-refractivity contribution in [3.63, 3.8) is 0 Å². The number of nitrogens with one attached hydrogen (secondary N) is 2. The molecule has 0 aliphatic carbocycles. The fourth-order valence-corrected chi connectivity index (χ4v) is 8.35. The molecular formula is C22H33N5O4S4. The van der Waals surface area contributed by atoms with E-state index in [4.69, 9.17) is 0 Å². The van der Waals surface area contributed by atoms with Gasteiger partial charge in [-0.15, -0.1) is 31.5 Å². The van der Waals surface area contributed by atoms with Gasteiger partial charge in [0.15, 0.2) is 21.6 Å². The number of aromatic hydroxyl groups is 1. The summed E-state index contributed by atoms with van der Waals surface area (Å²) < 4.78 is 47.3. The van der Waals surface area contributed by atoms with Crippen LogP contribution in [0.4, 0.5) is 5.69 Å². The Morgan fingerprint density at radius 3 is 2.29 bits per heavy atom. The molecule has 2 atom stereocenters. The van der Waals surface area contributed by atoms with Crippen LogP contribution in [0.3, 0.4) is 0 Å². The Kier molecular flexibility index (Phi) is 8.47. The first kappa shape index (κ1) is 27.8. The molecule has 0 saturated heterocycles. The fourth-order valence-electron chi connectivity index (χ4n) is 3.53.